The highest BCUT2D eigenvalue weighted by Crippen LogP contribution is 2.36. The smallest absolute Gasteiger partial charge is 0.332 e. The third kappa shape index (κ3) is 23.0. The molecule has 16 nitrogen and oxygen atoms in total. The van der Waals surface area contributed by atoms with Gasteiger partial charge >= 0.3 is 11.9 Å². The number of carboxylic acids is 1. The van der Waals surface area contributed by atoms with E-state index in [2.05, 4.69) is 25.1 Å². The monoisotopic (exact) mass is 1350 g/mol. The molecule has 4 N–H and O–H groups in total. The van der Waals surface area contributed by atoms with E-state index in [0.717, 1.165) is 86.2 Å². The zero-order valence-corrected chi connectivity index (χ0v) is 53.2. The van der Waals surface area contributed by atoms with Crippen LogP contribution in [0.15, 0.2) is 213 Å². The van der Waals surface area contributed by atoms with Crippen LogP contribution in [0.25, 0.3) is 0 Å². The lowest BCUT2D eigenvalue weighted by Gasteiger charge is -2.33. The molecule has 7 aromatic carbocycles. The van der Waals surface area contributed by atoms with Gasteiger partial charge in [-0.3, -0.25) is 19.8 Å². The van der Waals surface area contributed by atoms with E-state index in [1.165, 1.54) is 48.5 Å². The van der Waals surface area contributed by atoms with E-state index in [1.54, 1.807) is 55.1 Å². The Balaban J connectivity index is 0.000000193. The summed E-state index contributed by atoms with van der Waals surface area (Å²) in [7, 11) is 0. The fourth-order valence-electron chi connectivity index (χ4n) is 9.83. The average molecular weight is 1360 g/mol. The molecule has 91 heavy (non-hydrogen) atoms. The van der Waals surface area contributed by atoms with Gasteiger partial charge in [0, 0.05) is 54.6 Å². The van der Waals surface area contributed by atoms with E-state index in [4.69, 9.17) is 35.0 Å². The Morgan fingerprint density at radius 1 is 0.527 bits per heavy atom. The lowest BCUT2D eigenvalue weighted by Crippen LogP contribution is -2.36. The highest BCUT2D eigenvalue weighted by atomic mass is 127. The van der Waals surface area contributed by atoms with Crippen LogP contribution >= 0.6 is 24.0 Å². The Bertz CT molecular complexity index is 3650. The summed E-state index contributed by atoms with van der Waals surface area (Å²) in [4.78, 5) is 49.2. The number of halogens is 5. The summed E-state index contributed by atoms with van der Waals surface area (Å²) < 4.78 is 69.1. The van der Waals surface area contributed by atoms with E-state index in [0.29, 0.717) is 53.7 Å². The number of nitrogens with two attached hydrogens (primary N) is 1. The molecule has 0 unspecified atom stereocenters. The van der Waals surface area contributed by atoms with Crippen molar-refractivity contribution in [1.29, 1.82) is 0 Å². The number of ether oxygens (including phenoxy) is 3. The van der Waals surface area contributed by atoms with E-state index in [9.17, 15) is 27.2 Å². The average Bonchev–Trinajstić information content (AvgIpc) is 0.937. The highest BCUT2D eigenvalue weighted by molar-refractivity contribution is 14.0. The SMILES string of the molecule is CC(C)(C)OC(=O)COCC1CCN(c2cncc(N(c3ccccc3)c3cccc(F)c3)n2)CC1.Fc1cccc(Nc2ccccc2)c1.I.Nc1cccc(F)c1.O=C(O)COCC1CCN(c2cncc(N(c3ccccc3)c3cccc(F)c3)n2)CC1. The number of anilines is 11. The Labute approximate surface area is 545 Å². The van der Waals surface area contributed by atoms with Crippen LogP contribution < -0.4 is 30.7 Å². The lowest BCUT2D eigenvalue weighted by molar-refractivity contribution is -0.160. The van der Waals surface area contributed by atoms with Gasteiger partial charge in [-0.05, 0) is 167 Å². The zero-order chi connectivity index (χ0) is 63.7. The predicted molar refractivity (Wildman–Crippen MR) is 361 cm³/mol. The quantitative estimate of drug-likeness (QED) is 0.0319. The molecule has 0 saturated carbocycles. The number of carboxylic acid groups (broad SMARTS) is 1. The van der Waals surface area contributed by atoms with Crippen molar-refractivity contribution in [1.82, 2.24) is 19.9 Å². The summed E-state index contributed by atoms with van der Waals surface area (Å²) in [6.07, 6.45) is 10.5. The highest BCUT2D eigenvalue weighted by Gasteiger charge is 2.25. The summed E-state index contributed by atoms with van der Waals surface area (Å²) in [6.45, 7) is 9.40. The van der Waals surface area contributed by atoms with E-state index in [-0.39, 0.29) is 66.4 Å². The molecule has 0 aliphatic carbocycles. The van der Waals surface area contributed by atoms with Gasteiger partial charge in [0.2, 0.25) is 0 Å². The molecule has 0 amide bonds. The maximum Gasteiger partial charge on any atom is 0.332 e. The number of hydrogen-bond acceptors (Lipinski definition) is 15. The molecule has 21 heteroatoms. The van der Waals surface area contributed by atoms with Crippen LogP contribution in [0.4, 0.5) is 80.6 Å². The summed E-state index contributed by atoms with van der Waals surface area (Å²) >= 11 is 0. The summed E-state index contributed by atoms with van der Waals surface area (Å²) in [5, 5.41) is 11.8. The molecule has 2 saturated heterocycles. The van der Waals surface area contributed by atoms with Gasteiger partial charge in [-0.25, -0.2) is 37.1 Å². The predicted octanol–water partition coefficient (Wildman–Crippen LogP) is 15.7. The van der Waals surface area contributed by atoms with Crippen molar-refractivity contribution in [2.24, 2.45) is 11.8 Å². The molecule has 2 fully saturated rings. The minimum atomic E-state index is -0.948. The molecule has 2 aliphatic rings. The number of benzene rings is 7. The number of carbonyl (C=O) groups is 2. The number of hydrogen-bond donors (Lipinski definition) is 3. The molecule has 476 valence electrons. The van der Waals surface area contributed by atoms with Crippen LogP contribution in [0.1, 0.15) is 46.5 Å². The van der Waals surface area contributed by atoms with Crippen molar-refractivity contribution >= 4 is 99.0 Å². The topological polar surface area (TPSA) is 185 Å². The normalized spacial score (nSPS) is 13.1. The van der Waals surface area contributed by atoms with Crippen molar-refractivity contribution in [2.75, 3.05) is 83.3 Å². The third-order valence-corrected chi connectivity index (χ3v) is 14.0. The number of piperidine rings is 2. The molecular weight excluding hydrogens is 1280 g/mol. The summed E-state index contributed by atoms with van der Waals surface area (Å²) in [5.74, 6) is 1.01. The second-order valence-corrected chi connectivity index (χ2v) is 22.2. The molecule has 0 spiro atoms. The zero-order valence-electron chi connectivity index (χ0n) is 50.9. The number of esters is 1. The van der Waals surface area contributed by atoms with Crippen LogP contribution in [-0.4, -0.2) is 95.2 Å². The van der Waals surface area contributed by atoms with Crippen molar-refractivity contribution in [3.05, 3.63) is 236 Å². The standard InChI is InChI=1S/C28H33FN4O3.C24H25FN4O3.C12H10FN.C6H6FN.HI/c1-28(2,3)36-27(34)20-35-19-21-12-14-32(15-13-21)25-17-30-18-26(31-25)33(23-9-5-4-6-10-23)24-11-7-8-22(29)16-24;25-19-5-4-8-21(13-19)29(20-6-2-1-3-7-20)23-15-26-14-22(27-23)28-11-9-18(10-12-28)16-32-17-24(30)31;13-10-5-4-8-12(9-10)14-11-6-2-1-3-7-11;7-5-2-1-3-6(8)4-5;/h4-11,16-18,21H,12-15,19-20H2,1-3H3;1-8,13-15,18H,9-12,16-17H2,(H,30,31);1-9,14H;1-4H,8H2;1H. The number of carbonyl (C=O) groups excluding carboxylic acids is 1. The number of nitrogens with zero attached hydrogens (tertiary/aromatic N) is 8. The minimum Gasteiger partial charge on any atom is -0.480 e. The van der Waals surface area contributed by atoms with Gasteiger partial charge in [-0.15, -0.1) is 24.0 Å². The number of nitrogens with one attached hydrogen (secondary N) is 1. The Hall–Kier alpha value is -9.19. The fraction of sp³-hybridized carbons (Fsp3) is 0.257. The van der Waals surface area contributed by atoms with Gasteiger partial charge in [0.1, 0.15) is 53.7 Å². The summed E-state index contributed by atoms with van der Waals surface area (Å²) in [6, 6.07) is 54.2. The molecule has 9 aromatic rings. The lowest BCUT2D eigenvalue weighted by atomic mass is 9.98. The van der Waals surface area contributed by atoms with Gasteiger partial charge in [0.05, 0.1) is 49.4 Å². The van der Waals surface area contributed by atoms with Crippen molar-refractivity contribution < 1.29 is 46.5 Å². The van der Waals surface area contributed by atoms with Gasteiger partial charge in [0.15, 0.2) is 11.6 Å². The molecule has 11 rings (SSSR count). The number of nitrogen functional groups attached to an aromatic ring is 1. The first kappa shape index (κ1) is 69.3. The first-order chi connectivity index (χ1) is 43.5. The molecule has 2 aromatic heterocycles. The minimum absolute atomic E-state index is 0. The first-order valence-electron chi connectivity index (χ1n) is 29.5. The van der Waals surface area contributed by atoms with Gasteiger partial charge < -0.3 is 40.2 Å². The number of para-hydroxylation sites is 3. The van der Waals surface area contributed by atoms with Crippen molar-refractivity contribution in [2.45, 2.75) is 52.1 Å². The Morgan fingerprint density at radius 3 is 1.33 bits per heavy atom. The number of aromatic nitrogens is 4. The molecule has 0 bridgehead atoms. The van der Waals surface area contributed by atoms with Crippen LogP contribution in [0.5, 0.6) is 0 Å². The van der Waals surface area contributed by atoms with Crippen LogP contribution in [0, 0.1) is 35.1 Å². The van der Waals surface area contributed by atoms with Gasteiger partial charge in [0.25, 0.3) is 0 Å². The molecule has 2 aliphatic heterocycles. The van der Waals surface area contributed by atoms with Crippen molar-refractivity contribution in [3.63, 3.8) is 0 Å². The Kier molecular flexibility index (Phi) is 26.9. The number of rotatable bonds is 18. The second-order valence-electron chi connectivity index (χ2n) is 22.2. The fourth-order valence-corrected chi connectivity index (χ4v) is 9.83. The largest absolute Gasteiger partial charge is 0.480 e. The Morgan fingerprint density at radius 2 is 0.923 bits per heavy atom. The van der Waals surface area contributed by atoms with Crippen LogP contribution in [-0.2, 0) is 23.8 Å². The maximum absolute atomic E-state index is 14.1. The number of aliphatic carboxylic acids is 1. The van der Waals surface area contributed by atoms with E-state index < -0.39 is 11.6 Å². The van der Waals surface area contributed by atoms with Gasteiger partial charge in [-0.1, -0.05) is 78.9 Å². The van der Waals surface area contributed by atoms with E-state index >= 15 is 0 Å². The van der Waals surface area contributed by atoms with Crippen molar-refractivity contribution in [3.8, 4) is 0 Å². The summed E-state index contributed by atoms with van der Waals surface area (Å²) in [5.41, 5.74) is 9.96. The molecule has 0 radical (unpaired) electrons. The van der Waals surface area contributed by atoms with Crippen LogP contribution in [0.3, 0.4) is 0 Å². The van der Waals surface area contributed by atoms with E-state index in [1.807, 2.05) is 140 Å². The molecular formula is C70H75F4IN10O6. The first-order valence-corrected chi connectivity index (χ1v) is 29.5. The van der Waals surface area contributed by atoms with Gasteiger partial charge in [-0.2, -0.15) is 0 Å². The molecule has 4 heterocycles. The maximum atomic E-state index is 14.1. The molecule has 0 atom stereocenters. The third-order valence-electron chi connectivity index (χ3n) is 14.0. The van der Waals surface area contributed by atoms with Crippen LogP contribution in [0.2, 0.25) is 0 Å². The second kappa shape index (κ2) is 35.3.